The van der Waals surface area contributed by atoms with E-state index in [9.17, 15) is 33.5 Å². The second kappa shape index (κ2) is 5.93. The third kappa shape index (κ3) is 3.54. The zero-order valence-electron chi connectivity index (χ0n) is 10.4. The second-order valence-electron chi connectivity index (χ2n) is 3.95. The maximum Gasteiger partial charge on any atom is 0.419 e. The lowest BCUT2D eigenvalue weighted by Gasteiger charge is -2.10. The Hall–Kier alpha value is -2.14. The van der Waals surface area contributed by atoms with Gasteiger partial charge in [0.1, 0.15) is 5.75 Å². The van der Waals surface area contributed by atoms with Crippen LogP contribution < -0.4 is 4.72 Å². The number of hydrogen-bond donors (Lipinski definition) is 3. The Kier molecular flexibility index (Phi) is 4.37. The molecule has 0 aliphatic rings. The van der Waals surface area contributed by atoms with Crippen LogP contribution in [0.4, 0.5) is 24.5 Å². The quantitative estimate of drug-likeness (QED) is 0.433. The number of anilines is 1. The first-order chi connectivity index (χ1) is 10.2. The zero-order chi connectivity index (χ0) is 16.5. The number of hydrogen-bond acceptors (Lipinski definition) is 7. The monoisotopic (exact) mass is 352 g/mol. The first-order valence-electron chi connectivity index (χ1n) is 5.48. The third-order valence-corrected chi connectivity index (χ3v) is 4.32. The van der Waals surface area contributed by atoms with E-state index < -0.39 is 33.2 Å². The van der Waals surface area contributed by atoms with Crippen LogP contribution in [0.15, 0.2) is 28.5 Å². The Bertz CT molecular complexity index is 718. The van der Waals surface area contributed by atoms with Crippen LogP contribution >= 0.6 is 23.3 Å². The van der Waals surface area contributed by atoms with Gasteiger partial charge in [-0.2, -0.15) is 13.2 Å². The molecule has 0 saturated heterocycles. The average Bonchev–Trinajstić information content (AvgIpc) is 2.76. The number of rotatable bonds is 4. The summed E-state index contributed by atoms with van der Waals surface area (Å²) < 4.78 is 40.4. The molecule has 11 heteroatoms. The molecule has 0 radical (unpaired) electrons. The van der Waals surface area contributed by atoms with Gasteiger partial charge in [-0.05, 0) is 24.1 Å². The summed E-state index contributed by atoms with van der Waals surface area (Å²) in [5.74, 6) is -0.932. The van der Waals surface area contributed by atoms with Gasteiger partial charge in [0.15, 0.2) is 0 Å². The highest BCUT2D eigenvalue weighted by Crippen LogP contribution is 2.41. The molecule has 2 rings (SSSR count). The van der Waals surface area contributed by atoms with E-state index >= 15 is 0 Å². The van der Waals surface area contributed by atoms with E-state index in [1.54, 1.807) is 0 Å². The Morgan fingerprint density at radius 3 is 2.45 bits per heavy atom. The Balaban J connectivity index is 2.11. The van der Waals surface area contributed by atoms with Gasteiger partial charge >= 0.3 is 11.9 Å². The standard InChI is InChI=1S/C11H7F3N2O4S2/c12-11(13,14)6-2-1-5(3-8(6)17)15-22-9-4-7(16(19)20)10(18)21-9/h1-4,15,17-18H. The molecule has 1 aromatic carbocycles. The van der Waals surface area contributed by atoms with Crippen molar-refractivity contribution in [1.82, 2.24) is 0 Å². The van der Waals surface area contributed by atoms with E-state index in [4.69, 9.17) is 0 Å². The van der Waals surface area contributed by atoms with E-state index in [1.807, 2.05) is 0 Å². The number of thiophene rings is 1. The minimum atomic E-state index is -4.66. The van der Waals surface area contributed by atoms with Gasteiger partial charge in [-0.3, -0.25) is 10.1 Å². The van der Waals surface area contributed by atoms with Gasteiger partial charge in [-0.25, -0.2) is 0 Å². The highest BCUT2D eigenvalue weighted by atomic mass is 32.2. The van der Waals surface area contributed by atoms with Crippen molar-refractivity contribution in [3.05, 3.63) is 39.9 Å². The van der Waals surface area contributed by atoms with Crippen LogP contribution in [0.2, 0.25) is 0 Å². The summed E-state index contributed by atoms with van der Waals surface area (Å²) in [5.41, 5.74) is -1.44. The zero-order valence-corrected chi connectivity index (χ0v) is 12.1. The molecule has 1 heterocycles. The molecular formula is C11H7F3N2O4S2. The van der Waals surface area contributed by atoms with Gasteiger partial charge < -0.3 is 14.9 Å². The fourth-order valence-electron chi connectivity index (χ4n) is 1.48. The molecule has 118 valence electrons. The molecule has 3 N–H and O–H groups in total. The van der Waals surface area contributed by atoms with Crippen molar-refractivity contribution in [2.45, 2.75) is 10.4 Å². The van der Waals surface area contributed by atoms with E-state index in [0.29, 0.717) is 10.3 Å². The minimum absolute atomic E-state index is 0.172. The lowest BCUT2D eigenvalue weighted by Crippen LogP contribution is -2.05. The summed E-state index contributed by atoms with van der Waals surface area (Å²) >= 11 is 1.61. The van der Waals surface area contributed by atoms with Crippen molar-refractivity contribution in [3.8, 4) is 10.8 Å². The van der Waals surface area contributed by atoms with Gasteiger partial charge in [0, 0.05) is 17.8 Å². The Morgan fingerprint density at radius 2 is 1.95 bits per heavy atom. The Labute approximate surface area is 129 Å². The molecule has 2 aromatic rings. The summed E-state index contributed by atoms with van der Waals surface area (Å²) in [6, 6.07) is 3.84. The highest BCUT2D eigenvalue weighted by Gasteiger charge is 2.33. The summed E-state index contributed by atoms with van der Waals surface area (Å²) in [6.45, 7) is 0. The smallest absolute Gasteiger partial charge is 0.419 e. The number of halogens is 3. The van der Waals surface area contributed by atoms with Crippen LogP contribution in [-0.4, -0.2) is 15.1 Å². The molecule has 0 bridgehead atoms. The van der Waals surface area contributed by atoms with Crippen LogP contribution in [0, 0.1) is 10.1 Å². The van der Waals surface area contributed by atoms with Gasteiger partial charge in [-0.15, -0.1) is 0 Å². The molecule has 0 amide bonds. The molecule has 0 saturated carbocycles. The molecule has 0 aliphatic heterocycles. The highest BCUT2D eigenvalue weighted by molar-refractivity contribution is 8.02. The molecule has 0 atom stereocenters. The Morgan fingerprint density at radius 1 is 1.27 bits per heavy atom. The summed E-state index contributed by atoms with van der Waals surface area (Å²) in [4.78, 5) is 9.82. The maximum atomic E-state index is 12.5. The summed E-state index contributed by atoms with van der Waals surface area (Å²) in [6.07, 6.45) is -4.66. The number of aromatic hydroxyl groups is 2. The predicted octanol–water partition coefficient (Wildman–Crippen LogP) is 4.21. The normalized spacial score (nSPS) is 11.4. The molecule has 22 heavy (non-hydrogen) atoms. The fourth-order valence-corrected chi connectivity index (χ4v) is 3.12. The van der Waals surface area contributed by atoms with Crippen molar-refractivity contribution in [1.29, 1.82) is 0 Å². The van der Waals surface area contributed by atoms with Crippen molar-refractivity contribution in [2.75, 3.05) is 4.72 Å². The van der Waals surface area contributed by atoms with Gasteiger partial charge in [0.25, 0.3) is 5.06 Å². The number of nitrogens with zero attached hydrogens (tertiary/aromatic N) is 1. The third-order valence-electron chi connectivity index (χ3n) is 2.44. The summed E-state index contributed by atoms with van der Waals surface area (Å²) in [7, 11) is 0. The van der Waals surface area contributed by atoms with Crippen molar-refractivity contribution < 1.29 is 28.3 Å². The second-order valence-corrected chi connectivity index (χ2v) is 6.08. The lowest BCUT2D eigenvalue weighted by molar-refractivity contribution is -0.385. The van der Waals surface area contributed by atoms with Crippen LogP contribution in [0.1, 0.15) is 5.56 Å². The first kappa shape index (κ1) is 16.2. The topological polar surface area (TPSA) is 95.6 Å². The number of phenols is 1. The number of nitro groups is 1. The van der Waals surface area contributed by atoms with E-state index in [2.05, 4.69) is 4.72 Å². The minimum Gasteiger partial charge on any atom is -0.507 e. The maximum absolute atomic E-state index is 12.5. The molecule has 0 spiro atoms. The van der Waals surface area contributed by atoms with Crippen LogP contribution in [0.25, 0.3) is 0 Å². The predicted molar refractivity (Wildman–Crippen MR) is 75.2 cm³/mol. The van der Waals surface area contributed by atoms with Gasteiger partial charge in [0.05, 0.1) is 14.7 Å². The van der Waals surface area contributed by atoms with E-state index in [0.717, 1.165) is 41.5 Å². The van der Waals surface area contributed by atoms with Gasteiger partial charge in [0.2, 0.25) is 0 Å². The van der Waals surface area contributed by atoms with Crippen molar-refractivity contribution in [2.24, 2.45) is 0 Å². The van der Waals surface area contributed by atoms with Crippen LogP contribution in [0.3, 0.4) is 0 Å². The lowest BCUT2D eigenvalue weighted by atomic mass is 10.2. The number of benzene rings is 1. The molecule has 0 unspecified atom stereocenters. The number of alkyl halides is 3. The molecular weight excluding hydrogens is 345 g/mol. The molecule has 0 fully saturated rings. The number of nitrogens with one attached hydrogen (secondary N) is 1. The molecule has 0 aliphatic carbocycles. The van der Waals surface area contributed by atoms with Crippen LogP contribution in [0.5, 0.6) is 10.8 Å². The van der Waals surface area contributed by atoms with Crippen molar-refractivity contribution in [3.63, 3.8) is 0 Å². The van der Waals surface area contributed by atoms with Crippen molar-refractivity contribution >= 4 is 34.7 Å². The van der Waals surface area contributed by atoms with E-state index in [1.165, 1.54) is 0 Å². The average molecular weight is 352 g/mol. The first-order valence-corrected chi connectivity index (χ1v) is 7.12. The molecule has 1 aromatic heterocycles. The van der Waals surface area contributed by atoms with Crippen LogP contribution in [-0.2, 0) is 6.18 Å². The SMILES string of the molecule is O=[N+]([O-])c1cc(SNc2ccc(C(F)(F)F)c(O)c2)sc1O. The molecule has 6 nitrogen and oxygen atoms in total. The largest absolute Gasteiger partial charge is 0.507 e. The van der Waals surface area contributed by atoms with Gasteiger partial charge in [-0.1, -0.05) is 11.3 Å². The number of phenolic OH excluding ortho intramolecular Hbond substituents is 1. The fraction of sp³-hybridized carbons (Fsp3) is 0.0909. The van der Waals surface area contributed by atoms with E-state index in [-0.39, 0.29) is 5.69 Å². The summed E-state index contributed by atoms with van der Waals surface area (Å²) in [5, 5.41) is 28.8.